The first-order chi connectivity index (χ1) is 7.22. The predicted octanol–water partition coefficient (Wildman–Crippen LogP) is 2.41. The number of aromatic nitrogens is 1. The van der Waals surface area contributed by atoms with Gasteiger partial charge in [-0.25, -0.2) is 4.98 Å². The summed E-state index contributed by atoms with van der Waals surface area (Å²) in [7, 11) is 1.97. The van der Waals surface area contributed by atoms with Gasteiger partial charge in [0.05, 0.1) is 5.69 Å². The van der Waals surface area contributed by atoms with Gasteiger partial charge in [0.1, 0.15) is 0 Å². The van der Waals surface area contributed by atoms with Crippen molar-refractivity contribution in [3.63, 3.8) is 0 Å². The van der Waals surface area contributed by atoms with Crippen LogP contribution < -0.4 is 10.2 Å². The molecule has 0 fully saturated rings. The van der Waals surface area contributed by atoms with E-state index in [0.29, 0.717) is 0 Å². The lowest BCUT2D eigenvalue weighted by Gasteiger charge is -2.18. The summed E-state index contributed by atoms with van der Waals surface area (Å²) in [4.78, 5) is 8.32. The molecule has 1 aromatic rings. The molecular formula is C11H21N3S. The van der Waals surface area contributed by atoms with Crippen LogP contribution in [0.2, 0.25) is 0 Å². The minimum absolute atomic E-state index is 0.924. The van der Waals surface area contributed by atoms with Gasteiger partial charge in [-0.3, -0.25) is 0 Å². The van der Waals surface area contributed by atoms with Crippen molar-refractivity contribution in [3.8, 4) is 0 Å². The van der Waals surface area contributed by atoms with E-state index in [2.05, 4.69) is 36.0 Å². The molecule has 0 aliphatic rings. The molecule has 0 aliphatic carbocycles. The summed E-state index contributed by atoms with van der Waals surface area (Å²) in [6.45, 7) is 9.55. The van der Waals surface area contributed by atoms with E-state index in [1.165, 1.54) is 22.1 Å². The number of hydrogen-bond donors (Lipinski definition) is 1. The van der Waals surface area contributed by atoms with E-state index < -0.39 is 0 Å². The molecule has 0 spiro atoms. The van der Waals surface area contributed by atoms with Crippen molar-refractivity contribution < 1.29 is 0 Å². The SMILES string of the molecule is CCCN(CC)c1nc(C)c(CNC)s1. The van der Waals surface area contributed by atoms with E-state index in [1.54, 1.807) is 0 Å². The van der Waals surface area contributed by atoms with Crippen molar-refractivity contribution in [1.29, 1.82) is 0 Å². The van der Waals surface area contributed by atoms with Crippen molar-refractivity contribution in [2.75, 3.05) is 25.0 Å². The van der Waals surface area contributed by atoms with Crippen molar-refractivity contribution in [2.45, 2.75) is 33.7 Å². The Morgan fingerprint density at radius 1 is 1.40 bits per heavy atom. The smallest absolute Gasteiger partial charge is 0.185 e. The molecular weight excluding hydrogens is 206 g/mol. The predicted molar refractivity (Wildman–Crippen MR) is 67.8 cm³/mol. The van der Waals surface area contributed by atoms with Crippen molar-refractivity contribution >= 4 is 16.5 Å². The Labute approximate surface area is 96.5 Å². The molecule has 0 saturated heterocycles. The van der Waals surface area contributed by atoms with Crippen molar-refractivity contribution in [3.05, 3.63) is 10.6 Å². The Morgan fingerprint density at radius 3 is 2.67 bits per heavy atom. The molecule has 0 aliphatic heterocycles. The van der Waals surface area contributed by atoms with E-state index in [1.807, 2.05) is 18.4 Å². The molecule has 4 heteroatoms. The summed E-state index contributed by atoms with van der Waals surface area (Å²) in [5, 5.41) is 4.35. The second-order valence-corrected chi connectivity index (χ2v) is 4.68. The van der Waals surface area contributed by atoms with Gasteiger partial charge < -0.3 is 10.2 Å². The van der Waals surface area contributed by atoms with Crippen LogP contribution in [0.5, 0.6) is 0 Å². The molecule has 0 saturated carbocycles. The number of nitrogens with zero attached hydrogens (tertiary/aromatic N) is 2. The van der Waals surface area contributed by atoms with E-state index in [4.69, 9.17) is 0 Å². The Kier molecular flexibility index (Phi) is 5.05. The molecule has 1 N–H and O–H groups in total. The summed E-state index contributed by atoms with van der Waals surface area (Å²) >= 11 is 1.81. The Bertz CT molecular complexity index is 296. The zero-order valence-corrected chi connectivity index (χ0v) is 10.9. The third-order valence-corrected chi connectivity index (χ3v) is 3.58. The highest BCUT2D eigenvalue weighted by molar-refractivity contribution is 7.15. The molecule has 0 radical (unpaired) electrons. The van der Waals surface area contributed by atoms with E-state index in [0.717, 1.165) is 19.6 Å². The van der Waals surface area contributed by atoms with Crippen LogP contribution in [0.3, 0.4) is 0 Å². The van der Waals surface area contributed by atoms with Crippen LogP contribution in [0.4, 0.5) is 5.13 Å². The average Bonchev–Trinajstić information content (AvgIpc) is 2.57. The fraction of sp³-hybridized carbons (Fsp3) is 0.727. The van der Waals surface area contributed by atoms with Gasteiger partial charge in [-0.2, -0.15) is 0 Å². The van der Waals surface area contributed by atoms with Gasteiger partial charge in [0.2, 0.25) is 0 Å². The highest BCUT2D eigenvalue weighted by atomic mass is 32.1. The number of aryl methyl sites for hydroxylation is 1. The largest absolute Gasteiger partial charge is 0.348 e. The van der Waals surface area contributed by atoms with Crippen LogP contribution in [-0.4, -0.2) is 25.1 Å². The quantitative estimate of drug-likeness (QED) is 0.809. The van der Waals surface area contributed by atoms with Gasteiger partial charge in [0.15, 0.2) is 5.13 Å². The summed E-state index contributed by atoms with van der Waals surface area (Å²) < 4.78 is 0. The fourth-order valence-corrected chi connectivity index (χ4v) is 2.69. The third kappa shape index (κ3) is 3.18. The molecule has 0 atom stereocenters. The third-order valence-electron chi connectivity index (χ3n) is 2.36. The van der Waals surface area contributed by atoms with Crippen LogP contribution in [0.15, 0.2) is 0 Å². The molecule has 15 heavy (non-hydrogen) atoms. The number of nitrogens with one attached hydrogen (secondary N) is 1. The maximum Gasteiger partial charge on any atom is 0.185 e. The highest BCUT2D eigenvalue weighted by Crippen LogP contribution is 2.25. The van der Waals surface area contributed by atoms with Crippen LogP contribution in [-0.2, 0) is 6.54 Å². The summed E-state index contributed by atoms with van der Waals surface area (Å²) in [6.07, 6.45) is 1.17. The monoisotopic (exact) mass is 227 g/mol. The molecule has 1 rings (SSSR count). The lowest BCUT2D eigenvalue weighted by Crippen LogP contribution is -2.23. The number of rotatable bonds is 6. The Hall–Kier alpha value is -0.610. The summed E-state index contributed by atoms with van der Waals surface area (Å²) in [5.74, 6) is 0. The highest BCUT2D eigenvalue weighted by Gasteiger charge is 2.11. The molecule has 3 nitrogen and oxygen atoms in total. The Balaban J connectivity index is 2.79. The van der Waals surface area contributed by atoms with Gasteiger partial charge in [0, 0.05) is 24.5 Å². The standard InChI is InChI=1S/C11H21N3S/c1-5-7-14(6-2)11-13-9(3)10(15-11)8-12-4/h12H,5-8H2,1-4H3. The number of anilines is 1. The van der Waals surface area contributed by atoms with Crippen LogP contribution in [0.25, 0.3) is 0 Å². The molecule has 1 heterocycles. The van der Waals surface area contributed by atoms with E-state index in [-0.39, 0.29) is 0 Å². The van der Waals surface area contributed by atoms with Gasteiger partial charge in [0.25, 0.3) is 0 Å². The van der Waals surface area contributed by atoms with Crippen LogP contribution >= 0.6 is 11.3 Å². The van der Waals surface area contributed by atoms with Gasteiger partial charge in [-0.05, 0) is 27.3 Å². The first-order valence-corrected chi connectivity index (χ1v) is 6.40. The maximum absolute atomic E-state index is 4.62. The first kappa shape index (κ1) is 12.5. The normalized spacial score (nSPS) is 10.7. The zero-order chi connectivity index (χ0) is 11.3. The second-order valence-electron chi connectivity index (χ2n) is 3.62. The van der Waals surface area contributed by atoms with Gasteiger partial charge >= 0.3 is 0 Å². The molecule has 0 aromatic carbocycles. The minimum atomic E-state index is 0.924. The van der Waals surface area contributed by atoms with Crippen LogP contribution in [0, 0.1) is 6.92 Å². The first-order valence-electron chi connectivity index (χ1n) is 5.58. The molecule has 1 aromatic heterocycles. The lowest BCUT2D eigenvalue weighted by molar-refractivity contribution is 0.786. The minimum Gasteiger partial charge on any atom is -0.348 e. The lowest BCUT2D eigenvalue weighted by atomic mass is 10.4. The van der Waals surface area contributed by atoms with Crippen molar-refractivity contribution in [1.82, 2.24) is 10.3 Å². The van der Waals surface area contributed by atoms with Gasteiger partial charge in [-0.15, -0.1) is 11.3 Å². The van der Waals surface area contributed by atoms with Gasteiger partial charge in [-0.1, -0.05) is 6.92 Å². The number of thiazole rings is 1. The topological polar surface area (TPSA) is 28.2 Å². The Morgan fingerprint density at radius 2 is 2.13 bits per heavy atom. The zero-order valence-electron chi connectivity index (χ0n) is 10.1. The molecule has 0 amide bonds. The van der Waals surface area contributed by atoms with E-state index in [9.17, 15) is 0 Å². The van der Waals surface area contributed by atoms with Crippen molar-refractivity contribution in [2.24, 2.45) is 0 Å². The summed E-state index contributed by atoms with van der Waals surface area (Å²) in [6, 6.07) is 0. The number of hydrogen-bond acceptors (Lipinski definition) is 4. The average molecular weight is 227 g/mol. The fourth-order valence-electron chi connectivity index (χ4n) is 1.53. The maximum atomic E-state index is 4.62. The van der Waals surface area contributed by atoms with Crippen LogP contribution in [0.1, 0.15) is 30.8 Å². The molecule has 0 bridgehead atoms. The van der Waals surface area contributed by atoms with E-state index >= 15 is 0 Å². The second kappa shape index (κ2) is 6.08. The molecule has 0 unspecified atom stereocenters. The molecule has 86 valence electrons. The summed E-state index contributed by atoms with van der Waals surface area (Å²) in [5.41, 5.74) is 1.17.